The predicted octanol–water partition coefficient (Wildman–Crippen LogP) is 0.714. The van der Waals surface area contributed by atoms with Crippen LogP contribution in [0.5, 0.6) is 0 Å². The van der Waals surface area contributed by atoms with E-state index in [9.17, 15) is 4.79 Å². The number of benzene rings is 1. The lowest BCUT2D eigenvalue weighted by Gasteiger charge is -2.08. The van der Waals surface area contributed by atoms with Gasteiger partial charge in [-0.05, 0) is 42.2 Å². The molecule has 0 radical (unpaired) electrons. The molecule has 18 heavy (non-hydrogen) atoms. The lowest BCUT2D eigenvalue weighted by Crippen LogP contribution is -2.23. The summed E-state index contributed by atoms with van der Waals surface area (Å²) in [5.41, 5.74) is 8.41. The van der Waals surface area contributed by atoms with Gasteiger partial charge in [0.25, 0.3) is 0 Å². The van der Waals surface area contributed by atoms with Crippen LogP contribution in [-0.4, -0.2) is 19.8 Å². The maximum atomic E-state index is 11.6. The number of nitrogens with zero attached hydrogens (tertiary/aromatic N) is 4. The van der Waals surface area contributed by atoms with Gasteiger partial charge in [-0.1, -0.05) is 17.2 Å². The molecule has 3 rings (SSSR count). The number of anilines is 1. The second-order valence-corrected chi connectivity index (χ2v) is 4.77. The van der Waals surface area contributed by atoms with Crippen LogP contribution < -0.4 is 11.4 Å². The van der Waals surface area contributed by atoms with Crippen molar-refractivity contribution in [3.63, 3.8) is 0 Å². The molecule has 94 valence electrons. The SMILES string of the molecule is Cc1cc(Cn2nnc(=O)n2C2CC2)ccc1N. The average molecular weight is 245 g/mol. The summed E-state index contributed by atoms with van der Waals surface area (Å²) in [4.78, 5) is 13.2. The van der Waals surface area contributed by atoms with Crippen LogP contribution >= 0.6 is 0 Å². The highest BCUT2D eigenvalue weighted by atomic mass is 16.2. The number of aryl methyl sites for hydroxylation is 1. The summed E-state index contributed by atoms with van der Waals surface area (Å²) < 4.78 is 1.64. The standard InChI is InChI=1S/C12H15N5O/c1-8-6-9(2-5-11(8)13)7-16-15-14-12(18)17(16)10-3-4-10/h2,5-6,10H,3-4,7,13H2,1H3. The van der Waals surface area contributed by atoms with Crippen LogP contribution in [-0.2, 0) is 6.54 Å². The van der Waals surface area contributed by atoms with Crippen molar-refractivity contribution in [2.24, 2.45) is 0 Å². The molecule has 0 atom stereocenters. The van der Waals surface area contributed by atoms with Gasteiger partial charge >= 0.3 is 5.69 Å². The van der Waals surface area contributed by atoms with E-state index in [4.69, 9.17) is 5.73 Å². The summed E-state index contributed by atoms with van der Waals surface area (Å²) in [6.45, 7) is 2.51. The van der Waals surface area contributed by atoms with Gasteiger partial charge < -0.3 is 5.73 Å². The number of hydrogen-bond donors (Lipinski definition) is 1. The smallest absolute Gasteiger partial charge is 0.384 e. The molecular weight excluding hydrogens is 230 g/mol. The maximum Gasteiger partial charge on any atom is 0.384 e. The number of nitrogen functional groups attached to an aromatic ring is 1. The quantitative estimate of drug-likeness (QED) is 0.808. The van der Waals surface area contributed by atoms with E-state index in [1.54, 1.807) is 9.48 Å². The molecule has 0 amide bonds. The Balaban J connectivity index is 1.92. The summed E-state index contributed by atoms with van der Waals surface area (Å²) in [5, 5.41) is 7.52. The fraction of sp³-hybridized carbons (Fsp3) is 0.417. The van der Waals surface area contributed by atoms with Crippen LogP contribution in [0.4, 0.5) is 5.69 Å². The van der Waals surface area contributed by atoms with Crippen molar-refractivity contribution < 1.29 is 0 Å². The zero-order chi connectivity index (χ0) is 12.7. The number of aromatic nitrogens is 4. The van der Waals surface area contributed by atoms with Crippen molar-refractivity contribution in [3.05, 3.63) is 39.8 Å². The number of hydrogen-bond acceptors (Lipinski definition) is 4. The molecule has 0 spiro atoms. The van der Waals surface area contributed by atoms with E-state index >= 15 is 0 Å². The molecule has 1 fully saturated rings. The van der Waals surface area contributed by atoms with Crippen molar-refractivity contribution in [1.29, 1.82) is 0 Å². The van der Waals surface area contributed by atoms with Crippen molar-refractivity contribution in [2.45, 2.75) is 32.4 Å². The molecule has 1 heterocycles. The summed E-state index contributed by atoms with van der Waals surface area (Å²) in [6, 6.07) is 6.12. The maximum absolute atomic E-state index is 11.6. The van der Waals surface area contributed by atoms with E-state index in [-0.39, 0.29) is 11.7 Å². The normalized spacial score (nSPS) is 14.9. The molecule has 0 bridgehead atoms. The minimum absolute atomic E-state index is 0.260. The average Bonchev–Trinajstić information content (AvgIpc) is 3.10. The Kier molecular flexibility index (Phi) is 2.43. The highest BCUT2D eigenvalue weighted by Gasteiger charge is 2.28. The molecule has 2 aromatic rings. The summed E-state index contributed by atoms with van der Waals surface area (Å²) in [7, 11) is 0. The lowest BCUT2D eigenvalue weighted by molar-refractivity contribution is 0.428. The molecule has 0 saturated heterocycles. The highest BCUT2D eigenvalue weighted by molar-refractivity contribution is 5.47. The molecular formula is C12H15N5O. The van der Waals surface area contributed by atoms with Gasteiger partial charge in [-0.15, -0.1) is 0 Å². The minimum Gasteiger partial charge on any atom is -0.399 e. The van der Waals surface area contributed by atoms with Gasteiger partial charge in [0.05, 0.1) is 12.6 Å². The Morgan fingerprint density at radius 2 is 2.22 bits per heavy atom. The first-order valence-electron chi connectivity index (χ1n) is 6.02. The summed E-state index contributed by atoms with van der Waals surface area (Å²) in [5.74, 6) is 0. The molecule has 0 aliphatic heterocycles. The van der Waals surface area contributed by atoms with Crippen LogP contribution in [0.15, 0.2) is 23.0 Å². The molecule has 6 nitrogen and oxygen atoms in total. The molecule has 1 aromatic heterocycles. The molecule has 0 unspecified atom stereocenters. The van der Waals surface area contributed by atoms with E-state index in [0.29, 0.717) is 6.54 Å². The fourth-order valence-electron chi connectivity index (χ4n) is 2.05. The largest absolute Gasteiger partial charge is 0.399 e. The van der Waals surface area contributed by atoms with Gasteiger partial charge in [0, 0.05) is 5.69 Å². The van der Waals surface area contributed by atoms with E-state index in [1.807, 2.05) is 25.1 Å². The van der Waals surface area contributed by atoms with Gasteiger partial charge in [-0.3, -0.25) is 0 Å². The molecule has 2 N–H and O–H groups in total. The Labute approximate surface area is 104 Å². The van der Waals surface area contributed by atoms with Gasteiger partial charge in [-0.2, -0.15) is 4.80 Å². The third kappa shape index (κ3) is 1.90. The van der Waals surface area contributed by atoms with E-state index < -0.39 is 0 Å². The first-order chi connectivity index (χ1) is 8.65. The van der Waals surface area contributed by atoms with E-state index in [1.165, 1.54) is 0 Å². The topological polar surface area (TPSA) is 78.7 Å². The van der Waals surface area contributed by atoms with Crippen molar-refractivity contribution in [3.8, 4) is 0 Å². The zero-order valence-electron chi connectivity index (χ0n) is 10.2. The van der Waals surface area contributed by atoms with Crippen LogP contribution in [0, 0.1) is 6.92 Å². The van der Waals surface area contributed by atoms with Crippen LogP contribution in [0.1, 0.15) is 30.0 Å². The summed E-state index contributed by atoms with van der Waals surface area (Å²) >= 11 is 0. The molecule has 1 saturated carbocycles. The second-order valence-electron chi connectivity index (χ2n) is 4.77. The van der Waals surface area contributed by atoms with Gasteiger partial charge in [-0.25, -0.2) is 9.48 Å². The third-order valence-electron chi connectivity index (χ3n) is 3.23. The zero-order valence-corrected chi connectivity index (χ0v) is 10.2. The van der Waals surface area contributed by atoms with Crippen molar-refractivity contribution in [2.75, 3.05) is 5.73 Å². The van der Waals surface area contributed by atoms with E-state index in [0.717, 1.165) is 29.7 Å². The van der Waals surface area contributed by atoms with Crippen LogP contribution in [0.2, 0.25) is 0 Å². The van der Waals surface area contributed by atoms with Gasteiger partial charge in [0.1, 0.15) is 0 Å². The lowest BCUT2D eigenvalue weighted by atomic mass is 10.1. The Hall–Kier alpha value is -2.11. The first kappa shape index (κ1) is 11.0. The first-order valence-corrected chi connectivity index (χ1v) is 6.02. The Bertz CT molecular complexity index is 638. The predicted molar refractivity (Wildman–Crippen MR) is 67.2 cm³/mol. The van der Waals surface area contributed by atoms with Crippen LogP contribution in [0.3, 0.4) is 0 Å². The number of nitrogens with two attached hydrogens (primary N) is 1. The molecule has 1 aliphatic carbocycles. The monoisotopic (exact) mass is 245 g/mol. The Morgan fingerprint density at radius 1 is 1.44 bits per heavy atom. The third-order valence-corrected chi connectivity index (χ3v) is 3.23. The Morgan fingerprint density at radius 3 is 2.89 bits per heavy atom. The highest BCUT2D eigenvalue weighted by Crippen LogP contribution is 2.33. The van der Waals surface area contributed by atoms with Gasteiger partial charge in [0.15, 0.2) is 0 Å². The minimum atomic E-state index is -0.260. The summed E-state index contributed by atoms with van der Waals surface area (Å²) in [6.07, 6.45) is 2.07. The van der Waals surface area contributed by atoms with Gasteiger partial charge in [0.2, 0.25) is 0 Å². The molecule has 6 heteroatoms. The molecule has 1 aromatic carbocycles. The van der Waals surface area contributed by atoms with Crippen molar-refractivity contribution in [1.82, 2.24) is 19.8 Å². The number of rotatable bonds is 3. The fourth-order valence-corrected chi connectivity index (χ4v) is 2.05. The van der Waals surface area contributed by atoms with Crippen LogP contribution in [0.25, 0.3) is 0 Å². The van der Waals surface area contributed by atoms with Crippen molar-refractivity contribution >= 4 is 5.69 Å². The van der Waals surface area contributed by atoms with E-state index in [2.05, 4.69) is 10.3 Å². The molecule has 1 aliphatic rings. The second kappa shape index (κ2) is 3.97. The number of tetrazole rings is 1.